The molecule has 16 heavy (non-hydrogen) atoms. The lowest BCUT2D eigenvalue weighted by molar-refractivity contribution is 0.308. The van der Waals surface area contributed by atoms with Crippen molar-refractivity contribution in [2.45, 2.75) is 33.1 Å². The first-order valence-electron chi connectivity index (χ1n) is 6.29. The van der Waals surface area contributed by atoms with Gasteiger partial charge in [0.2, 0.25) is 0 Å². The minimum Gasteiger partial charge on any atom is -0.494 e. The van der Waals surface area contributed by atoms with Crippen molar-refractivity contribution < 1.29 is 4.74 Å². The van der Waals surface area contributed by atoms with Crippen LogP contribution in [0.4, 0.5) is 0 Å². The Bertz CT molecular complexity index is 269. The van der Waals surface area contributed by atoms with E-state index in [1.54, 1.807) is 0 Å². The fraction of sp³-hybridized carbons (Fsp3) is 0.571. The van der Waals surface area contributed by atoms with Crippen LogP contribution in [0.3, 0.4) is 0 Å². The zero-order chi connectivity index (χ0) is 11.6. The number of hydrogen-bond acceptors (Lipinski definition) is 2. The van der Waals surface area contributed by atoms with Crippen LogP contribution in [0.1, 0.15) is 32.3 Å². The summed E-state index contributed by atoms with van der Waals surface area (Å²) in [6.07, 6.45) is 3.41. The summed E-state index contributed by atoms with van der Waals surface area (Å²) in [6, 6.07) is 8.45. The topological polar surface area (TPSA) is 21.3 Å². The van der Waals surface area contributed by atoms with Crippen LogP contribution >= 0.6 is 0 Å². The molecule has 0 saturated carbocycles. The van der Waals surface area contributed by atoms with Gasteiger partial charge in [0.25, 0.3) is 0 Å². The highest BCUT2D eigenvalue weighted by molar-refractivity contribution is 5.27. The molecular formula is C14H23NO. The summed E-state index contributed by atoms with van der Waals surface area (Å²) in [4.78, 5) is 0. The van der Waals surface area contributed by atoms with E-state index in [2.05, 4.69) is 43.4 Å². The van der Waals surface area contributed by atoms with Crippen molar-refractivity contribution in [1.82, 2.24) is 5.32 Å². The monoisotopic (exact) mass is 221 g/mol. The van der Waals surface area contributed by atoms with E-state index in [0.29, 0.717) is 0 Å². The van der Waals surface area contributed by atoms with Gasteiger partial charge in [-0.15, -0.1) is 0 Å². The number of hydrogen-bond donors (Lipinski definition) is 1. The fourth-order valence-electron chi connectivity index (χ4n) is 1.60. The predicted molar refractivity (Wildman–Crippen MR) is 69.1 cm³/mol. The quantitative estimate of drug-likeness (QED) is 0.681. The molecule has 0 saturated heterocycles. The fourth-order valence-corrected chi connectivity index (χ4v) is 1.60. The smallest absolute Gasteiger partial charge is 0.119 e. The van der Waals surface area contributed by atoms with Crippen LogP contribution in [0.25, 0.3) is 0 Å². The average Bonchev–Trinajstić information content (AvgIpc) is 2.31. The van der Waals surface area contributed by atoms with Gasteiger partial charge in [0.15, 0.2) is 0 Å². The molecule has 0 aliphatic rings. The van der Waals surface area contributed by atoms with E-state index in [4.69, 9.17) is 4.74 Å². The summed E-state index contributed by atoms with van der Waals surface area (Å²) >= 11 is 0. The van der Waals surface area contributed by atoms with Crippen molar-refractivity contribution in [3.05, 3.63) is 29.8 Å². The van der Waals surface area contributed by atoms with E-state index in [1.165, 1.54) is 12.0 Å². The minimum atomic E-state index is 0.792. The predicted octanol–water partition coefficient (Wildman–Crippen LogP) is 3.02. The molecule has 0 fully saturated rings. The SMILES string of the molecule is CCCc1ccc(OCCCNCC)cc1. The zero-order valence-corrected chi connectivity index (χ0v) is 10.5. The normalized spacial score (nSPS) is 10.4. The molecule has 0 aliphatic heterocycles. The van der Waals surface area contributed by atoms with Gasteiger partial charge in [0.05, 0.1) is 6.61 Å². The molecule has 1 aromatic carbocycles. The average molecular weight is 221 g/mol. The maximum Gasteiger partial charge on any atom is 0.119 e. The molecule has 0 heterocycles. The number of nitrogens with one attached hydrogen (secondary N) is 1. The molecule has 1 aromatic rings. The molecule has 0 bridgehead atoms. The van der Waals surface area contributed by atoms with Crippen LogP contribution in [0.5, 0.6) is 5.75 Å². The highest BCUT2D eigenvalue weighted by Gasteiger charge is 1.94. The zero-order valence-electron chi connectivity index (χ0n) is 10.5. The van der Waals surface area contributed by atoms with E-state index >= 15 is 0 Å². The summed E-state index contributed by atoms with van der Waals surface area (Å²) in [6.45, 7) is 7.18. The Kier molecular flexibility index (Phi) is 6.66. The molecule has 0 spiro atoms. The van der Waals surface area contributed by atoms with Crippen LogP contribution in [0.15, 0.2) is 24.3 Å². The van der Waals surface area contributed by atoms with Gasteiger partial charge < -0.3 is 10.1 Å². The lowest BCUT2D eigenvalue weighted by atomic mass is 10.1. The number of aryl methyl sites for hydroxylation is 1. The Hall–Kier alpha value is -1.02. The van der Waals surface area contributed by atoms with E-state index in [9.17, 15) is 0 Å². The second kappa shape index (κ2) is 8.17. The van der Waals surface area contributed by atoms with Crippen LogP contribution in [-0.2, 0) is 6.42 Å². The molecule has 1 N–H and O–H groups in total. The van der Waals surface area contributed by atoms with Gasteiger partial charge in [0, 0.05) is 0 Å². The second-order valence-electron chi connectivity index (χ2n) is 3.95. The first kappa shape index (κ1) is 13.0. The van der Waals surface area contributed by atoms with Crippen LogP contribution in [-0.4, -0.2) is 19.7 Å². The van der Waals surface area contributed by atoms with Crippen molar-refractivity contribution in [3.8, 4) is 5.75 Å². The molecule has 0 aromatic heterocycles. The molecule has 0 radical (unpaired) electrons. The Morgan fingerprint density at radius 2 is 1.88 bits per heavy atom. The lowest BCUT2D eigenvalue weighted by Gasteiger charge is -2.07. The van der Waals surface area contributed by atoms with Gasteiger partial charge in [-0.2, -0.15) is 0 Å². The van der Waals surface area contributed by atoms with E-state index in [-0.39, 0.29) is 0 Å². The molecular weight excluding hydrogens is 198 g/mol. The summed E-state index contributed by atoms with van der Waals surface area (Å²) in [7, 11) is 0. The Morgan fingerprint density at radius 3 is 2.50 bits per heavy atom. The number of ether oxygens (including phenoxy) is 1. The molecule has 0 atom stereocenters. The molecule has 0 unspecified atom stereocenters. The van der Waals surface area contributed by atoms with Gasteiger partial charge in [-0.3, -0.25) is 0 Å². The minimum absolute atomic E-state index is 0.792. The molecule has 2 heteroatoms. The summed E-state index contributed by atoms with van der Waals surface area (Å²) in [5.41, 5.74) is 1.39. The highest BCUT2D eigenvalue weighted by atomic mass is 16.5. The van der Waals surface area contributed by atoms with Gasteiger partial charge in [0.1, 0.15) is 5.75 Å². The van der Waals surface area contributed by atoms with Crippen molar-refractivity contribution in [1.29, 1.82) is 0 Å². The molecule has 2 nitrogen and oxygen atoms in total. The third-order valence-corrected chi connectivity index (χ3v) is 2.48. The van der Waals surface area contributed by atoms with E-state index in [1.807, 2.05) is 0 Å². The molecule has 90 valence electrons. The first-order chi connectivity index (χ1) is 7.86. The number of rotatable bonds is 8. The third-order valence-electron chi connectivity index (χ3n) is 2.48. The van der Waals surface area contributed by atoms with Gasteiger partial charge >= 0.3 is 0 Å². The summed E-state index contributed by atoms with van der Waals surface area (Å²) < 4.78 is 5.65. The van der Waals surface area contributed by atoms with E-state index < -0.39 is 0 Å². The second-order valence-corrected chi connectivity index (χ2v) is 3.95. The Balaban J connectivity index is 2.21. The van der Waals surface area contributed by atoms with Gasteiger partial charge in [-0.1, -0.05) is 32.4 Å². The maximum absolute atomic E-state index is 5.65. The highest BCUT2D eigenvalue weighted by Crippen LogP contribution is 2.13. The van der Waals surface area contributed by atoms with Gasteiger partial charge in [-0.05, 0) is 43.6 Å². The molecule has 0 amide bonds. The standard InChI is InChI=1S/C14H23NO/c1-3-6-13-7-9-14(10-8-13)16-12-5-11-15-4-2/h7-10,15H,3-6,11-12H2,1-2H3. The maximum atomic E-state index is 5.65. The van der Waals surface area contributed by atoms with Crippen molar-refractivity contribution in [3.63, 3.8) is 0 Å². The lowest BCUT2D eigenvalue weighted by Crippen LogP contribution is -2.16. The Morgan fingerprint density at radius 1 is 1.12 bits per heavy atom. The summed E-state index contributed by atoms with van der Waals surface area (Å²) in [5.74, 6) is 0.983. The first-order valence-corrected chi connectivity index (χ1v) is 6.29. The molecule has 0 aliphatic carbocycles. The number of benzene rings is 1. The van der Waals surface area contributed by atoms with E-state index in [0.717, 1.165) is 38.3 Å². The largest absolute Gasteiger partial charge is 0.494 e. The summed E-state index contributed by atoms with van der Waals surface area (Å²) in [5, 5.41) is 3.28. The van der Waals surface area contributed by atoms with Gasteiger partial charge in [-0.25, -0.2) is 0 Å². The molecule has 1 rings (SSSR count). The van der Waals surface area contributed by atoms with Crippen LogP contribution < -0.4 is 10.1 Å². The van der Waals surface area contributed by atoms with Crippen molar-refractivity contribution >= 4 is 0 Å². The van der Waals surface area contributed by atoms with Crippen molar-refractivity contribution in [2.75, 3.05) is 19.7 Å². The van der Waals surface area contributed by atoms with Crippen molar-refractivity contribution in [2.24, 2.45) is 0 Å². The third kappa shape index (κ3) is 5.17. The van der Waals surface area contributed by atoms with Crippen LogP contribution in [0.2, 0.25) is 0 Å². The van der Waals surface area contributed by atoms with Crippen LogP contribution in [0, 0.1) is 0 Å². The Labute approximate surface area is 99.0 Å².